The summed E-state index contributed by atoms with van der Waals surface area (Å²) in [5.41, 5.74) is 0.802. The van der Waals surface area contributed by atoms with Crippen molar-refractivity contribution in [2.24, 2.45) is 0 Å². The van der Waals surface area contributed by atoms with E-state index < -0.39 is 5.97 Å². The van der Waals surface area contributed by atoms with Gasteiger partial charge in [0.15, 0.2) is 5.57 Å². The minimum absolute atomic E-state index is 0.0191. The SMILES string of the molecule is C=CCOC(=O)C(C#N)=C1SC(CCc2cnc[nH]2)C(=O)N1CC. The number of hydrogen-bond acceptors (Lipinski definition) is 6. The number of ether oxygens (including phenoxy) is 1. The standard InChI is InChI=1S/C16H18N4O3S/c1-3-7-23-16(22)12(8-17)15-20(4-2)14(21)13(24-15)6-5-11-9-18-10-19-11/h3,9-10,13H,1,4-7H2,2H3,(H,18,19). The van der Waals surface area contributed by atoms with Crippen molar-refractivity contribution in [3.8, 4) is 6.07 Å². The molecule has 1 N–H and O–H groups in total. The van der Waals surface area contributed by atoms with Crippen molar-refractivity contribution in [2.75, 3.05) is 13.2 Å². The molecule has 1 aromatic rings. The van der Waals surface area contributed by atoms with E-state index in [0.29, 0.717) is 24.4 Å². The van der Waals surface area contributed by atoms with Crippen LogP contribution in [0.1, 0.15) is 19.0 Å². The maximum absolute atomic E-state index is 12.5. The topological polar surface area (TPSA) is 99.1 Å². The summed E-state index contributed by atoms with van der Waals surface area (Å²) in [5, 5.41) is 9.36. The van der Waals surface area contributed by atoms with E-state index in [4.69, 9.17) is 4.74 Å². The van der Waals surface area contributed by atoms with Crippen LogP contribution in [0.5, 0.6) is 0 Å². The normalized spacial score (nSPS) is 19.1. The largest absolute Gasteiger partial charge is 0.457 e. The van der Waals surface area contributed by atoms with Gasteiger partial charge in [-0.15, -0.1) is 0 Å². The number of nitrogens with one attached hydrogen (secondary N) is 1. The van der Waals surface area contributed by atoms with E-state index in [-0.39, 0.29) is 23.3 Å². The molecule has 1 fully saturated rings. The molecule has 0 aliphatic carbocycles. The molecule has 0 radical (unpaired) electrons. The molecule has 1 aromatic heterocycles. The van der Waals surface area contributed by atoms with E-state index in [9.17, 15) is 14.9 Å². The van der Waals surface area contributed by atoms with Gasteiger partial charge in [0, 0.05) is 18.4 Å². The molecule has 7 nitrogen and oxygen atoms in total. The van der Waals surface area contributed by atoms with Gasteiger partial charge in [0.1, 0.15) is 17.7 Å². The molecule has 1 atom stereocenters. The molecule has 0 saturated carbocycles. The first-order valence-corrected chi connectivity index (χ1v) is 8.38. The predicted molar refractivity (Wildman–Crippen MR) is 89.5 cm³/mol. The molecule has 24 heavy (non-hydrogen) atoms. The smallest absolute Gasteiger partial charge is 0.351 e. The summed E-state index contributed by atoms with van der Waals surface area (Å²) in [6, 6.07) is 1.87. The highest BCUT2D eigenvalue weighted by atomic mass is 32.2. The fourth-order valence-corrected chi connectivity index (χ4v) is 3.62. The molecule has 0 aromatic carbocycles. The number of aryl methyl sites for hydroxylation is 1. The van der Waals surface area contributed by atoms with Crippen molar-refractivity contribution in [1.29, 1.82) is 5.26 Å². The number of aromatic amines is 1. The Hall–Kier alpha value is -2.53. The number of carbonyl (C=O) groups excluding carboxylic acids is 2. The van der Waals surface area contributed by atoms with Crippen LogP contribution >= 0.6 is 11.8 Å². The van der Waals surface area contributed by atoms with E-state index in [1.54, 1.807) is 19.4 Å². The number of hydrogen-bond donors (Lipinski definition) is 1. The molecule has 0 spiro atoms. The lowest BCUT2D eigenvalue weighted by Crippen LogP contribution is -2.29. The van der Waals surface area contributed by atoms with Crippen molar-refractivity contribution >= 4 is 23.6 Å². The molecule has 8 heteroatoms. The molecule has 1 aliphatic heterocycles. The third-order valence-corrected chi connectivity index (χ3v) is 4.82. The van der Waals surface area contributed by atoms with Crippen LogP contribution in [0.2, 0.25) is 0 Å². The molecule has 1 amide bonds. The quantitative estimate of drug-likeness (QED) is 0.350. The van der Waals surface area contributed by atoms with Gasteiger partial charge in [-0.1, -0.05) is 24.4 Å². The molecular weight excluding hydrogens is 328 g/mol. The van der Waals surface area contributed by atoms with E-state index in [1.165, 1.54) is 22.7 Å². The lowest BCUT2D eigenvalue weighted by Gasteiger charge is -2.15. The maximum atomic E-state index is 12.5. The molecule has 1 unspecified atom stereocenters. The monoisotopic (exact) mass is 346 g/mol. The second-order valence-electron chi connectivity index (χ2n) is 4.98. The average Bonchev–Trinajstić information content (AvgIpc) is 3.20. The van der Waals surface area contributed by atoms with E-state index in [2.05, 4.69) is 16.5 Å². The molecule has 1 aliphatic rings. The minimum atomic E-state index is -0.736. The first-order valence-electron chi connectivity index (χ1n) is 7.50. The summed E-state index contributed by atoms with van der Waals surface area (Å²) < 4.78 is 4.94. The molecule has 2 heterocycles. The summed E-state index contributed by atoms with van der Waals surface area (Å²) in [7, 11) is 0. The van der Waals surface area contributed by atoms with E-state index in [1.807, 2.05) is 6.07 Å². The van der Waals surface area contributed by atoms with Crippen LogP contribution in [0.25, 0.3) is 0 Å². The van der Waals surface area contributed by atoms with Gasteiger partial charge in [-0.3, -0.25) is 4.79 Å². The van der Waals surface area contributed by atoms with Crippen LogP contribution in [0.3, 0.4) is 0 Å². The van der Waals surface area contributed by atoms with Crippen LogP contribution in [0.15, 0.2) is 35.8 Å². The molecule has 2 rings (SSSR count). The Kier molecular flexibility index (Phi) is 6.21. The Morgan fingerprint density at radius 1 is 1.67 bits per heavy atom. The maximum Gasteiger partial charge on any atom is 0.351 e. The van der Waals surface area contributed by atoms with Gasteiger partial charge >= 0.3 is 5.97 Å². The number of carbonyl (C=O) groups is 2. The number of thioether (sulfide) groups is 1. The van der Waals surface area contributed by atoms with Gasteiger partial charge < -0.3 is 14.6 Å². The molecule has 126 valence electrons. The second kappa shape index (κ2) is 8.36. The van der Waals surface area contributed by atoms with Crippen LogP contribution in [-0.4, -0.2) is 45.1 Å². The Morgan fingerprint density at radius 3 is 3.04 bits per heavy atom. The van der Waals surface area contributed by atoms with Gasteiger partial charge in [-0.25, -0.2) is 9.78 Å². The number of nitrogens with zero attached hydrogens (tertiary/aromatic N) is 3. The number of imidazole rings is 1. The highest BCUT2D eigenvalue weighted by Gasteiger charge is 2.39. The fraction of sp³-hybridized carbons (Fsp3) is 0.375. The summed E-state index contributed by atoms with van der Waals surface area (Å²) >= 11 is 1.24. The number of nitriles is 1. The molecular formula is C16H18N4O3S. The zero-order valence-corrected chi connectivity index (χ0v) is 14.1. The van der Waals surface area contributed by atoms with Crippen LogP contribution in [0.4, 0.5) is 0 Å². The number of aromatic nitrogens is 2. The number of amides is 1. The first kappa shape index (κ1) is 17.8. The van der Waals surface area contributed by atoms with Gasteiger partial charge in [-0.05, 0) is 19.8 Å². The van der Waals surface area contributed by atoms with Gasteiger partial charge in [0.25, 0.3) is 0 Å². The van der Waals surface area contributed by atoms with Crippen molar-refractivity contribution in [2.45, 2.75) is 25.0 Å². The van der Waals surface area contributed by atoms with Gasteiger partial charge in [0.2, 0.25) is 5.91 Å². The highest BCUT2D eigenvalue weighted by molar-refractivity contribution is 8.04. The molecule has 1 saturated heterocycles. The Balaban J connectivity index is 2.17. The van der Waals surface area contributed by atoms with Crippen LogP contribution in [0, 0.1) is 11.3 Å². The van der Waals surface area contributed by atoms with Crippen molar-refractivity contribution < 1.29 is 14.3 Å². The number of esters is 1. The Labute approximate surface area is 144 Å². The summed E-state index contributed by atoms with van der Waals surface area (Å²) in [5.74, 6) is -0.832. The number of rotatable bonds is 7. The third kappa shape index (κ3) is 3.86. The third-order valence-electron chi connectivity index (χ3n) is 3.45. The van der Waals surface area contributed by atoms with Gasteiger partial charge in [0.05, 0.1) is 11.6 Å². The Bertz CT molecular complexity index is 691. The lowest BCUT2D eigenvalue weighted by molar-refractivity contribution is -0.137. The van der Waals surface area contributed by atoms with Crippen molar-refractivity contribution in [1.82, 2.24) is 14.9 Å². The minimum Gasteiger partial charge on any atom is -0.457 e. The number of H-pyrrole nitrogens is 1. The zero-order valence-electron chi connectivity index (χ0n) is 13.3. The van der Waals surface area contributed by atoms with Crippen molar-refractivity contribution in [3.05, 3.63) is 41.5 Å². The zero-order chi connectivity index (χ0) is 17.5. The second-order valence-corrected chi connectivity index (χ2v) is 6.18. The highest BCUT2D eigenvalue weighted by Crippen LogP contribution is 2.39. The Morgan fingerprint density at radius 2 is 2.46 bits per heavy atom. The summed E-state index contributed by atoms with van der Waals surface area (Å²) in [6.07, 6.45) is 5.98. The van der Waals surface area contributed by atoms with Gasteiger partial charge in [-0.2, -0.15) is 5.26 Å². The first-order chi connectivity index (χ1) is 11.6. The summed E-state index contributed by atoms with van der Waals surface area (Å²) in [6.45, 7) is 5.68. The van der Waals surface area contributed by atoms with E-state index >= 15 is 0 Å². The van der Waals surface area contributed by atoms with E-state index in [0.717, 1.165) is 5.69 Å². The molecule has 0 bridgehead atoms. The average molecular weight is 346 g/mol. The van der Waals surface area contributed by atoms with Crippen molar-refractivity contribution in [3.63, 3.8) is 0 Å². The predicted octanol–water partition coefficient (Wildman–Crippen LogP) is 1.77. The van der Waals surface area contributed by atoms with Crippen LogP contribution in [-0.2, 0) is 20.7 Å². The lowest BCUT2D eigenvalue weighted by atomic mass is 10.2. The van der Waals surface area contributed by atoms with Crippen LogP contribution < -0.4 is 0 Å². The fourth-order valence-electron chi connectivity index (χ4n) is 2.29. The summed E-state index contributed by atoms with van der Waals surface area (Å²) in [4.78, 5) is 33.0.